The normalized spacial score (nSPS) is 13.0. The van der Waals surface area contributed by atoms with Crippen molar-refractivity contribution in [3.63, 3.8) is 0 Å². The van der Waals surface area contributed by atoms with Gasteiger partial charge in [-0.2, -0.15) is 0 Å². The number of rotatable bonds is 7. The first-order valence-corrected chi connectivity index (χ1v) is 7.04. The first kappa shape index (κ1) is 14.9. The highest BCUT2D eigenvalue weighted by atomic mass is 16.1. The van der Waals surface area contributed by atoms with Crippen molar-refractivity contribution in [2.75, 3.05) is 0 Å². The Morgan fingerprint density at radius 2 is 1.39 bits per heavy atom. The van der Waals surface area contributed by atoms with Gasteiger partial charge in [0.05, 0.1) is 0 Å². The van der Waals surface area contributed by atoms with Crippen LogP contribution in [-0.2, 0) is 17.6 Å². The maximum Gasteiger partial charge on any atom is 0.123 e. The topological polar surface area (TPSA) is 17.1 Å². The van der Waals surface area contributed by atoms with Crippen LogP contribution in [0.15, 0.2) is 24.3 Å². The van der Waals surface area contributed by atoms with E-state index in [1.54, 1.807) is 0 Å². The molecule has 0 bridgehead atoms. The third kappa shape index (κ3) is 5.48. The lowest BCUT2D eigenvalue weighted by Gasteiger charge is -2.13. The maximum absolute atomic E-state index is 11.1. The molecule has 0 radical (unpaired) electrons. The smallest absolute Gasteiger partial charge is 0.123 e. The Morgan fingerprint density at radius 1 is 0.889 bits per heavy atom. The third-order valence-corrected chi connectivity index (χ3v) is 3.13. The van der Waals surface area contributed by atoms with E-state index in [0.717, 1.165) is 25.5 Å². The summed E-state index contributed by atoms with van der Waals surface area (Å²) in [7, 11) is 0. The van der Waals surface area contributed by atoms with E-state index in [0.29, 0.717) is 11.8 Å². The van der Waals surface area contributed by atoms with E-state index >= 15 is 0 Å². The summed E-state index contributed by atoms with van der Waals surface area (Å²) in [6, 6.07) is 8.75. The summed E-state index contributed by atoms with van der Waals surface area (Å²) in [5, 5.41) is 0. The molecule has 1 unspecified atom stereocenters. The van der Waals surface area contributed by atoms with Crippen LogP contribution >= 0.6 is 0 Å². The van der Waals surface area contributed by atoms with Crippen LogP contribution < -0.4 is 0 Å². The Hall–Kier alpha value is -1.11. The summed E-state index contributed by atoms with van der Waals surface area (Å²) in [4.78, 5) is 11.1. The second kappa shape index (κ2) is 7.35. The summed E-state index contributed by atoms with van der Waals surface area (Å²) in [6.07, 6.45) is 4.10. The average Bonchev–Trinajstić information content (AvgIpc) is 2.29. The van der Waals surface area contributed by atoms with E-state index < -0.39 is 0 Å². The van der Waals surface area contributed by atoms with Crippen LogP contribution in [0.3, 0.4) is 0 Å². The molecule has 0 saturated carbocycles. The van der Waals surface area contributed by atoms with Gasteiger partial charge in [0.2, 0.25) is 0 Å². The monoisotopic (exact) mass is 246 g/mol. The molecule has 0 aliphatic carbocycles. The lowest BCUT2D eigenvalue weighted by Crippen LogP contribution is -2.09. The summed E-state index contributed by atoms with van der Waals surface area (Å²) in [5.41, 5.74) is 2.67. The summed E-state index contributed by atoms with van der Waals surface area (Å²) in [5.74, 6) is 1.45. The van der Waals surface area contributed by atoms with Crippen LogP contribution in [0.1, 0.15) is 45.2 Å². The third-order valence-electron chi connectivity index (χ3n) is 3.13. The SMILES string of the molecule is CC(C)Cc1ccc(CC(C=O)CC(C)C)cc1. The second-order valence-corrected chi connectivity index (χ2v) is 6.14. The number of aldehydes is 1. The fourth-order valence-electron chi connectivity index (χ4n) is 2.38. The minimum absolute atomic E-state index is 0.168. The van der Waals surface area contributed by atoms with Gasteiger partial charge in [0, 0.05) is 5.92 Å². The van der Waals surface area contributed by atoms with Gasteiger partial charge in [-0.05, 0) is 42.2 Å². The van der Waals surface area contributed by atoms with Crippen molar-refractivity contribution in [2.24, 2.45) is 17.8 Å². The van der Waals surface area contributed by atoms with E-state index in [4.69, 9.17) is 0 Å². The van der Waals surface area contributed by atoms with Gasteiger partial charge in [0.15, 0.2) is 0 Å². The summed E-state index contributed by atoms with van der Waals surface area (Å²) in [6.45, 7) is 8.81. The highest BCUT2D eigenvalue weighted by Crippen LogP contribution is 2.17. The van der Waals surface area contributed by atoms with Crippen molar-refractivity contribution in [2.45, 2.75) is 47.0 Å². The van der Waals surface area contributed by atoms with Crippen molar-refractivity contribution >= 4 is 6.29 Å². The van der Waals surface area contributed by atoms with Crippen molar-refractivity contribution in [3.05, 3.63) is 35.4 Å². The van der Waals surface area contributed by atoms with Crippen LogP contribution in [0, 0.1) is 17.8 Å². The van der Waals surface area contributed by atoms with Crippen LogP contribution in [-0.4, -0.2) is 6.29 Å². The summed E-state index contributed by atoms with van der Waals surface area (Å²) >= 11 is 0. The number of hydrogen-bond donors (Lipinski definition) is 0. The predicted molar refractivity (Wildman–Crippen MR) is 77.7 cm³/mol. The molecule has 0 amide bonds. The highest BCUT2D eigenvalue weighted by Gasteiger charge is 2.10. The molecule has 1 rings (SSSR count). The zero-order chi connectivity index (χ0) is 13.5. The molecule has 100 valence electrons. The number of hydrogen-bond acceptors (Lipinski definition) is 1. The summed E-state index contributed by atoms with van der Waals surface area (Å²) < 4.78 is 0. The first-order valence-electron chi connectivity index (χ1n) is 7.04. The molecule has 0 saturated heterocycles. The van der Waals surface area contributed by atoms with Gasteiger partial charge in [-0.1, -0.05) is 52.0 Å². The molecule has 0 spiro atoms. The minimum Gasteiger partial charge on any atom is -0.303 e. The highest BCUT2D eigenvalue weighted by molar-refractivity contribution is 5.54. The zero-order valence-electron chi connectivity index (χ0n) is 12.1. The van der Waals surface area contributed by atoms with Gasteiger partial charge in [0.1, 0.15) is 6.29 Å². The van der Waals surface area contributed by atoms with Gasteiger partial charge >= 0.3 is 0 Å². The fourth-order valence-corrected chi connectivity index (χ4v) is 2.38. The van der Waals surface area contributed by atoms with Crippen molar-refractivity contribution in [1.29, 1.82) is 0 Å². The van der Waals surface area contributed by atoms with E-state index in [1.807, 2.05) is 0 Å². The van der Waals surface area contributed by atoms with E-state index in [2.05, 4.69) is 52.0 Å². The molecule has 0 aromatic heterocycles. The molecular formula is C17H26O. The van der Waals surface area contributed by atoms with Crippen molar-refractivity contribution < 1.29 is 4.79 Å². The molecule has 1 heteroatoms. The van der Waals surface area contributed by atoms with Crippen LogP contribution in [0.5, 0.6) is 0 Å². The Bertz CT molecular complexity index is 348. The van der Waals surface area contributed by atoms with E-state index in [9.17, 15) is 4.79 Å². The van der Waals surface area contributed by atoms with Crippen LogP contribution in [0.4, 0.5) is 0 Å². The number of carbonyl (C=O) groups excluding carboxylic acids is 1. The van der Waals surface area contributed by atoms with Gasteiger partial charge in [-0.3, -0.25) is 0 Å². The fraction of sp³-hybridized carbons (Fsp3) is 0.588. The molecule has 18 heavy (non-hydrogen) atoms. The molecule has 0 N–H and O–H groups in total. The quantitative estimate of drug-likeness (QED) is 0.656. The Labute approximate surface area is 112 Å². The molecule has 0 aliphatic heterocycles. The number of benzene rings is 1. The Balaban J connectivity index is 2.59. The van der Waals surface area contributed by atoms with Crippen molar-refractivity contribution in [1.82, 2.24) is 0 Å². The van der Waals surface area contributed by atoms with Crippen LogP contribution in [0.25, 0.3) is 0 Å². The number of carbonyl (C=O) groups is 1. The van der Waals surface area contributed by atoms with Gasteiger partial charge in [-0.25, -0.2) is 0 Å². The van der Waals surface area contributed by atoms with Crippen molar-refractivity contribution in [3.8, 4) is 0 Å². The van der Waals surface area contributed by atoms with Crippen LogP contribution in [0.2, 0.25) is 0 Å². The van der Waals surface area contributed by atoms with Gasteiger partial charge < -0.3 is 4.79 Å². The molecule has 1 aromatic rings. The molecule has 1 aromatic carbocycles. The Morgan fingerprint density at radius 3 is 1.78 bits per heavy atom. The maximum atomic E-state index is 11.1. The standard InChI is InChI=1S/C17H26O/c1-13(2)9-15-5-7-16(8-6-15)11-17(12-18)10-14(3)4/h5-8,12-14,17H,9-11H2,1-4H3. The molecule has 1 atom stereocenters. The van der Waals surface area contributed by atoms with E-state index in [-0.39, 0.29) is 5.92 Å². The first-order chi connectivity index (χ1) is 8.51. The molecule has 1 nitrogen and oxygen atoms in total. The molecule has 0 heterocycles. The van der Waals surface area contributed by atoms with Gasteiger partial charge in [0.25, 0.3) is 0 Å². The van der Waals surface area contributed by atoms with E-state index in [1.165, 1.54) is 11.1 Å². The zero-order valence-corrected chi connectivity index (χ0v) is 12.1. The second-order valence-electron chi connectivity index (χ2n) is 6.14. The largest absolute Gasteiger partial charge is 0.303 e. The lowest BCUT2D eigenvalue weighted by molar-refractivity contribution is -0.111. The molecule has 0 aliphatic rings. The predicted octanol–water partition coefficient (Wildman–Crippen LogP) is 4.29. The minimum atomic E-state index is 0.168. The van der Waals surface area contributed by atoms with Gasteiger partial charge in [-0.15, -0.1) is 0 Å². The lowest BCUT2D eigenvalue weighted by atomic mass is 9.91. The average molecular weight is 246 g/mol. The Kier molecular flexibility index (Phi) is 6.11. The molecule has 0 fully saturated rings. The molecular weight excluding hydrogens is 220 g/mol.